The molecule has 0 saturated carbocycles. The standard InChI is InChI=1S/C10H11ClN2O/c1-7-6-13(7)10(14)12-9-4-2-3-8(11)5-9/h2-5,7H,6H2,1H3,(H,12,14). The van der Waals surface area contributed by atoms with Gasteiger partial charge in [0.25, 0.3) is 0 Å². The number of benzene rings is 1. The van der Waals surface area contributed by atoms with Crippen molar-refractivity contribution in [2.45, 2.75) is 13.0 Å². The first-order valence-corrected chi connectivity index (χ1v) is 4.88. The molecule has 0 aromatic heterocycles. The fraction of sp³-hybridized carbons (Fsp3) is 0.300. The summed E-state index contributed by atoms with van der Waals surface area (Å²) in [6.07, 6.45) is 0. The fourth-order valence-electron chi connectivity index (χ4n) is 1.28. The van der Waals surface area contributed by atoms with Crippen LogP contribution in [0.15, 0.2) is 24.3 Å². The molecule has 14 heavy (non-hydrogen) atoms. The third-order valence-corrected chi connectivity index (χ3v) is 2.43. The average molecular weight is 211 g/mol. The zero-order valence-corrected chi connectivity index (χ0v) is 8.58. The van der Waals surface area contributed by atoms with Crippen LogP contribution in [0.1, 0.15) is 6.92 Å². The molecule has 0 bridgehead atoms. The van der Waals surface area contributed by atoms with Crippen LogP contribution in [0, 0.1) is 0 Å². The number of carbonyl (C=O) groups is 1. The summed E-state index contributed by atoms with van der Waals surface area (Å²) in [4.78, 5) is 13.2. The third kappa shape index (κ3) is 1.99. The number of urea groups is 1. The lowest BCUT2D eigenvalue weighted by Crippen LogP contribution is -2.19. The van der Waals surface area contributed by atoms with Crippen LogP contribution in [0.25, 0.3) is 0 Å². The van der Waals surface area contributed by atoms with E-state index in [0.29, 0.717) is 11.1 Å². The van der Waals surface area contributed by atoms with E-state index < -0.39 is 0 Å². The van der Waals surface area contributed by atoms with Crippen LogP contribution in [-0.4, -0.2) is 23.5 Å². The van der Waals surface area contributed by atoms with E-state index in [1.807, 2.05) is 19.1 Å². The maximum Gasteiger partial charge on any atom is 0.322 e. The zero-order chi connectivity index (χ0) is 10.1. The van der Waals surface area contributed by atoms with Gasteiger partial charge >= 0.3 is 6.03 Å². The van der Waals surface area contributed by atoms with E-state index in [1.54, 1.807) is 17.0 Å². The zero-order valence-electron chi connectivity index (χ0n) is 7.83. The second-order valence-corrected chi connectivity index (χ2v) is 3.88. The van der Waals surface area contributed by atoms with Gasteiger partial charge in [0.1, 0.15) is 0 Å². The first-order chi connectivity index (χ1) is 6.66. The SMILES string of the molecule is CC1CN1C(=O)Nc1cccc(Cl)c1. The van der Waals surface area contributed by atoms with Crippen LogP contribution >= 0.6 is 11.6 Å². The molecule has 1 fully saturated rings. The lowest BCUT2D eigenvalue weighted by Gasteiger charge is -2.06. The Hall–Kier alpha value is -1.22. The molecule has 1 aliphatic heterocycles. The van der Waals surface area contributed by atoms with Crippen molar-refractivity contribution in [1.29, 1.82) is 0 Å². The number of amides is 2. The molecule has 3 nitrogen and oxygen atoms in total. The van der Waals surface area contributed by atoms with Crippen LogP contribution in [0.3, 0.4) is 0 Å². The lowest BCUT2D eigenvalue weighted by molar-refractivity contribution is 0.240. The largest absolute Gasteiger partial charge is 0.322 e. The Morgan fingerprint density at radius 2 is 2.36 bits per heavy atom. The number of rotatable bonds is 1. The van der Waals surface area contributed by atoms with Crippen molar-refractivity contribution in [3.63, 3.8) is 0 Å². The lowest BCUT2D eigenvalue weighted by atomic mass is 10.3. The molecule has 1 saturated heterocycles. The van der Waals surface area contributed by atoms with Crippen molar-refractivity contribution >= 4 is 23.3 Å². The Labute approximate surface area is 87.7 Å². The molecule has 4 heteroatoms. The molecule has 0 spiro atoms. The highest BCUT2D eigenvalue weighted by molar-refractivity contribution is 6.30. The summed E-state index contributed by atoms with van der Waals surface area (Å²) < 4.78 is 0. The quantitative estimate of drug-likeness (QED) is 0.710. The molecule has 1 atom stereocenters. The minimum absolute atomic E-state index is 0.0558. The van der Waals surface area contributed by atoms with E-state index in [-0.39, 0.29) is 6.03 Å². The third-order valence-electron chi connectivity index (χ3n) is 2.20. The van der Waals surface area contributed by atoms with Gasteiger partial charge in [-0.05, 0) is 25.1 Å². The number of nitrogens with one attached hydrogen (secondary N) is 1. The minimum Gasteiger partial charge on any atom is -0.318 e. The molecule has 1 aromatic rings. The molecule has 74 valence electrons. The van der Waals surface area contributed by atoms with E-state index in [2.05, 4.69) is 5.32 Å². The van der Waals surface area contributed by atoms with Crippen molar-refractivity contribution < 1.29 is 4.79 Å². The van der Waals surface area contributed by atoms with Crippen LogP contribution in [0.4, 0.5) is 10.5 Å². The highest BCUT2D eigenvalue weighted by Gasteiger charge is 2.33. The summed E-state index contributed by atoms with van der Waals surface area (Å²) in [5, 5.41) is 3.40. The van der Waals surface area contributed by atoms with Crippen molar-refractivity contribution in [3.05, 3.63) is 29.3 Å². The van der Waals surface area contributed by atoms with Gasteiger partial charge in [0.05, 0.1) is 0 Å². The number of carbonyl (C=O) groups excluding carboxylic acids is 1. The van der Waals surface area contributed by atoms with Gasteiger partial charge < -0.3 is 10.2 Å². The number of halogens is 1. The summed E-state index contributed by atoms with van der Waals surface area (Å²) in [5.41, 5.74) is 0.738. The first kappa shape index (κ1) is 9.34. The van der Waals surface area contributed by atoms with E-state index in [4.69, 9.17) is 11.6 Å². The summed E-state index contributed by atoms with van der Waals surface area (Å²) in [6, 6.07) is 7.45. The van der Waals surface area contributed by atoms with Crippen LogP contribution in [0.2, 0.25) is 5.02 Å². The smallest absolute Gasteiger partial charge is 0.318 e. The predicted octanol–water partition coefficient (Wildman–Crippen LogP) is 2.58. The Kier molecular flexibility index (Phi) is 2.33. The Balaban J connectivity index is 2.00. The van der Waals surface area contributed by atoms with Crippen molar-refractivity contribution in [1.82, 2.24) is 4.90 Å². The molecule has 0 radical (unpaired) electrons. The highest BCUT2D eigenvalue weighted by Crippen LogP contribution is 2.20. The number of anilines is 1. The van der Waals surface area contributed by atoms with Gasteiger partial charge in [-0.1, -0.05) is 17.7 Å². The monoisotopic (exact) mass is 210 g/mol. The summed E-state index contributed by atoms with van der Waals surface area (Å²) in [7, 11) is 0. The number of hydrogen-bond donors (Lipinski definition) is 1. The molecule has 1 aliphatic rings. The molecule has 0 aliphatic carbocycles. The predicted molar refractivity (Wildman–Crippen MR) is 56.6 cm³/mol. The highest BCUT2D eigenvalue weighted by atomic mass is 35.5. The maximum atomic E-state index is 11.5. The van der Waals surface area contributed by atoms with E-state index >= 15 is 0 Å². The van der Waals surface area contributed by atoms with E-state index in [0.717, 1.165) is 12.2 Å². The molecule has 1 heterocycles. The second kappa shape index (κ2) is 3.50. The van der Waals surface area contributed by atoms with Gasteiger partial charge in [-0.15, -0.1) is 0 Å². The Bertz CT molecular complexity index is 367. The Morgan fingerprint density at radius 3 is 2.93 bits per heavy atom. The van der Waals surface area contributed by atoms with Crippen LogP contribution < -0.4 is 5.32 Å². The van der Waals surface area contributed by atoms with E-state index in [9.17, 15) is 4.79 Å². The van der Waals surface area contributed by atoms with Gasteiger partial charge in [0.2, 0.25) is 0 Å². The normalized spacial score (nSPS) is 19.3. The topological polar surface area (TPSA) is 32.1 Å². The first-order valence-electron chi connectivity index (χ1n) is 4.50. The summed E-state index contributed by atoms with van der Waals surface area (Å²) in [6.45, 7) is 2.85. The van der Waals surface area contributed by atoms with Crippen molar-refractivity contribution in [2.75, 3.05) is 11.9 Å². The molecule has 2 amide bonds. The van der Waals surface area contributed by atoms with Crippen molar-refractivity contribution in [2.24, 2.45) is 0 Å². The number of nitrogens with zero attached hydrogens (tertiary/aromatic N) is 1. The molecular formula is C10H11ClN2O. The van der Waals surface area contributed by atoms with Gasteiger partial charge in [-0.3, -0.25) is 0 Å². The molecule has 1 N–H and O–H groups in total. The van der Waals surface area contributed by atoms with Crippen LogP contribution in [0.5, 0.6) is 0 Å². The summed E-state index contributed by atoms with van der Waals surface area (Å²) >= 11 is 5.79. The van der Waals surface area contributed by atoms with E-state index in [1.165, 1.54) is 0 Å². The van der Waals surface area contributed by atoms with Gasteiger partial charge in [0.15, 0.2) is 0 Å². The fourth-order valence-corrected chi connectivity index (χ4v) is 1.47. The average Bonchev–Trinajstić information content (AvgIpc) is 2.82. The number of hydrogen-bond acceptors (Lipinski definition) is 1. The second-order valence-electron chi connectivity index (χ2n) is 3.44. The van der Waals surface area contributed by atoms with Gasteiger partial charge in [-0.2, -0.15) is 0 Å². The van der Waals surface area contributed by atoms with Crippen LogP contribution in [-0.2, 0) is 0 Å². The molecular weight excluding hydrogens is 200 g/mol. The minimum atomic E-state index is -0.0558. The molecule has 2 rings (SSSR count). The molecule has 1 aromatic carbocycles. The van der Waals surface area contributed by atoms with Gasteiger partial charge in [0, 0.05) is 23.3 Å². The van der Waals surface area contributed by atoms with Crippen molar-refractivity contribution in [3.8, 4) is 0 Å². The Morgan fingerprint density at radius 1 is 1.64 bits per heavy atom. The maximum absolute atomic E-state index is 11.5. The van der Waals surface area contributed by atoms with Gasteiger partial charge in [-0.25, -0.2) is 4.79 Å². The molecule has 1 unspecified atom stereocenters. The summed E-state index contributed by atoms with van der Waals surface area (Å²) in [5.74, 6) is 0.